The number of aryl methyl sites for hydroxylation is 2. The van der Waals surface area contributed by atoms with E-state index >= 15 is 0 Å². The number of β-lactam (4-membered cyclic amide) rings is 1. The van der Waals surface area contributed by atoms with Gasteiger partial charge < -0.3 is 9.84 Å². The number of carbonyl (C=O) groups excluding carboxylic acids is 2. The van der Waals surface area contributed by atoms with Gasteiger partial charge in [-0.05, 0) is 31.9 Å². The van der Waals surface area contributed by atoms with Crippen LogP contribution in [0, 0.1) is 13.8 Å². The second-order valence-corrected chi connectivity index (χ2v) is 8.00. The summed E-state index contributed by atoms with van der Waals surface area (Å²) in [5.74, 6) is 1.33. The van der Waals surface area contributed by atoms with Crippen LogP contribution in [0.3, 0.4) is 0 Å². The minimum Gasteiger partial charge on any atom is -0.341 e. The van der Waals surface area contributed by atoms with E-state index in [-0.39, 0.29) is 23.6 Å². The van der Waals surface area contributed by atoms with Gasteiger partial charge >= 0.3 is 0 Å². The van der Waals surface area contributed by atoms with E-state index < -0.39 is 6.04 Å². The first kappa shape index (κ1) is 17.8. The average Bonchev–Trinajstić information content (AvgIpc) is 3.07. The van der Waals surface area contributed by atoms with Crippen LogP contribution < -0.4 is 5.32 Å². The maximum Gasteiger partial charge on any atom is 0.274 e. The van der Waals surface area contributed by atoms with Gasteiger partial charge in [-0.25, -0.2) is 0 Å². The van der Waals surface area contributed by atoms with Crippen molar-refractivity contribution >= 4 is 29.3 Å². The Morgan fingerprint density at radius 3 is 2.70 bits per heavy atom. The lowest BCUT2D eigenvalue weighted by Crippen LogP contribution is -2.69. The third-order valence-corrected chi connectivity index (χ3v) is 6.11. The monoisotopic (exact) mass is 384 g/mol. The summed E-state index contributed by atoms with van der Waals surface area (Å²) < 4.78 is 5.27. The van der Waals surface area contributed by atoms with Crippen LogP contribution >= 0.6 is 11.8 Å². The molecule has 140 valence electrons. The number of thioether (sulfide) groups is 1. The smallest absolute Gasteiger partial charge is 0.274 e. The van der Waals surface area contributed by atoms with Crippen molar-refractivity contribution in [3.8, 4) is 0 Å². The molecule has 4 rings (SSSR count). The molecular weight excluding hydrogens is 364 g/mol. The fraction of sp³-hybridized carbons (Fsp3) is 0.368. The van der Waals surface area contributed by atoms with E-state index in [4.69, 9.17) is 4.52 Å². The van der Waals surface area contributed by atoms with Crippen LogP contribution in [-0.2, 0) is 16.0 Å². The summed E-state index contributed by atoms with van der Waals surface area (Å²) in [5.41, 5.74) is 3.76. The van der Waals surface area contributed by atoms with Gasteiger partial charge in [-0.2, -0.15) is 4.98 Å². The van der Waals surface area contributed by atoms with Crippen LogP contribution in [0.1, 0.15) is 29.8 Å². The van der Waals surface area contributed by atoms with Gasteiger partial charge in [-0.1, -0.05) is 35.0 Å². The molecule has 1 N–H and O–H groups in total. The number of hydrogen-bond acceptors (Lipinski definition) is 6. The van der Waals surface area contributed by atoms with Gasteiger partial charge in [0.1, 0.15) is 17.1 Å². The molecule has 7 nitrogen and oxygen atoms in total. The molecule has 0 spiro atoms. The Morgan fingerprint density at radius 1 is 1.30 bits per heavy atom. The molecule has 0 radical (unpaired) electrons. The zero-order chi connectivity index (χ0) is 19.1. The Hall–Kier alpha value is -2.61. The minimum atomic E-state index is -0.528. The first-order chi connectivity index (χ1) is 12.9. The van der Waals surface area contributed by atoms with Gasteiger partial charge in [-0.3, -0.25) is 14.5 Å². The number of aromatic nitrogens is 2. The molecule has 27 heavy (non-hydrogen) atoms. The molecule has 2 aromatic rings. The number of nitrogens with zero attached hydrogens (tertiary/aromatic N) is 3. The predicted molar refractivity (Wildman–Crippen MR) is 102 cm³/mol. The number of benzene rings is 1. The molecule has 0 aliphatic carbocycles. The number of rotatable bonds is 4. The van der Waals surface area contributed by atoms with E-state index in [9.17, 15) is 9.59 Å². The normalized spacial score (nSPS) is 21.7. The Labute approximate surface area is 161 Å². The Morgan fingerprint density at radius 2 is 2.04 bits per heavy atom. The Kier molecular flexibility index (Phi) is 4.51. The molecule has 3 heterocycles. The van der Waals surface area contributed by atoms with Crippen LogP contribution in [0.5, 0.6) is 0 Å². The van der Waals surface area contributed by atoms with Gasteiger partial charge in [-0.15, -0.1) is 11.8 Å². The maximum atomic E-state index is 12.7. The second-order valence-electron chi connectivity index (χ2n) is 6.89. The quantitative estimate of drug-likeness (QED) is 0.812. The first-order valence-corrected chi connectivity index (χ1v) is 9.79. The summed E-state index contributed by atoms with van der Waals surface area (Å²) in [6, 6.07) is 7.28. The summed E-state index contributed by atoms with van der Waals surface area (Å²) in [4.78, 5) is 31.1. The van der Waals surface area contributed by atoms with E-state index in [1.807, 2.05) is 38.1 Å². The van der Waals surface area contributed by atoms with Crippen molar-refractivity contribution in [1.29, 1.82) is 0 Å². The highest BCUT2D eigenvalue weighted by atomic mass is 32.2. The standard InChI is InChI=1S/C19H20N4O3S/c1-10-4-6-13(7-5-10)8-14(24)21-15-18(25)23-16(11(2)9-27-19(15)23)17-20-12(3)22-26-17/h4-7,15,19H,8-9H2,1-3H3,(H,21,24)/t15-,19-/m1/s1. The Balaban J connectivity index is 1.46. The topological polar surface area (TPSA) is 88.3 Å². The fourth-order valence-corrected chi connectivity index (χ4v) is 4.58. The molecule has 2 aliphatic heterocycles. The third-order valence-electron chi connectivity index (χ3n) is 4.69. The van der Waals surface area contributed by atoms with Gasteiger partial charge in [0.25, 0.3) is 11.8 Å². The SMILES string of the molecule is CC1=C(c2nc(C)no2)N2C(=O)[C@@H](NC(=O)Cc3ccc(C)cc3)[C@H]2SC1. The van der Waals surface area contributed by atoms with Crippen LogP contribution in [0.4, 0.5) is 0 Å². The highest BCUT2D eigenvalue weighted by molar-refractivity contribution is 8.00. The highest BCUT2D eigenvalue weighted by Crippen LogP contribution is 2.43. The number of nitrogens with one attached hydrogen (secondary N) is 1. The van der Waals surface area contributed by atoms with Crippen molar-refractivity contribution in [3.63, 3.8) is 0 Å². The highest BCUT2D eigenvalue weighted by Gasteiger charge is 2.53. The molecule has 1 saturated heterocycles. The molecular formula is C19H20N4O3S. The maximum absolute atomic E-state index is 12.7. The molecule has 0 unspecified atom stereocenters. The van der Waals surface area contributed by atoms with Crippen molar-refractivity contribution in [2.24, 2.45) is 0 Å². The van der Waals surface area contributed by atoms with Gasteiger partial charge in [0.15, 0.2) is 5.82 Å². The number of hydrogen-bond donors (Lipinski definition) is 1. The van der Waals surface area contributed by atoms with Crippen molar-refractivity contribution < 1.29 is 14.1 Å². The predicted octanol–water partition coefficient (Wildman–Crippen LogP) is 2.06. The van der Waals surface area contributed by atoms with E-state index in [1.165, 1.54) is 0 Å². The zero-order valence-electron chi connectivity index (χ0n) is 15.4. The minimum absolute atomic E-state index is 0.144. The lowest BCUT2D eigenvalue weighted by Gasteiger charge is -2.49. The van der Waals surface area contributed by atoms with Crippen LogP contribution in [0.2, 0.25) is 0 Å². The number of carbonyl (C=O) groups is 2. The van der Waals surface area contributed by atoms with Crippen molar-refractivity contribution in [2.75, 3.05) is 5.75 Å². The fourth-order valence-electron chi connectivity index (χ4n) is 3.28. The lowest BCUT2D eigenvalue weighted by molar-refractivity contribution is -0.143. The summed E-state index contributed by atoms with van der Waals surface area (Å²) in [6.07, 6.45) is 0.256. The molecule has 1 aromatic carbocycles. The van der Waals surface area contributed by atoms with Crippen molar-refractivity contribution in [2.45, 2.75) is 38.6 Å². The average molecular weight is 384 g/mol. The van der Waals surface area contributed by atoms with Gasteiger partial charge in [0.2, 0.25) is 5.91 Å². The molecule has 2 atom stereocenters. The van der Waals surface area contributed by atoms with Crippen LogP contribution in [0.25, 0.3) is 5.70 Å². The van der Waals surface area contributed by atoms with Crippen LogP contribution in [-0.4, -0.2) is 44.0 Å². The molecule has 2 aliphatic rings. The summed E-state index contributed by atoms with van der Waals surface area (Å²) in [6.45, 7) is 5.70. The van der Waals surface area contributed by atoms with E-state index in [0.29, 0.717) is 17.4 Å². The molecule has 1 aromatic heterocycles. The molecule has 1 fully saturated rings. The lowest BCUT2D eigenvalue weighted by atomic mass is 10.0. The molecule has 8 heteroatoms. The Bertz CT molecular complexity index is 935. The number of fused-ring (bicyclic) bond motifs is 1. The van der Waals surface area contributed by atoms with Crippen LogP contribution in [0.15, 0.2) is 34.4 Å². The van der Waals surface area contributed by atoms with E-state index in [0.717, 1.165) is 22.5 Å². The third kappa shape index (κ3) is 3.25. The van der Waals surface area contributed by atoms with Crippen molar-refractivity contribution in [1.82, 2.24) is 20.4 Å². The van der Waals surface area contributed by atoms with Crippen molar-refractivity contribution in [3.05, 3.63) is 52.7 Å². The summed E-state index contributed by atoms with van der Waals surface area (Å²) in [5, 5.41) is 6.55. The zero-order valence-corrected chi connectivity index (χ0v) is 16.2. The molecule has 2 amide bonds. The van der Waals surface area contributed by atoms with Gasteiger partial charge in [0.05, 0.1) is 6.42 Å². The number of amides is 2. The van der Waals surface area contributed by atoms with E-state index in [1.54, 1.807) is 23.6 Å². The first-order valence-electron chi connectivity index (χ1n) is 8.74. The second kappa shape index (κ2) is 6.84. The van der Waals surface area contributed by atoms with E-state index in [2.05, 4.69) is 15.5 Å². The largest absolute Gasteiger partial charge is 0.341 e. The summed E-state index contributed by atoms with van der Waals surface area (Å²) in [7, 11) is 0. The van der Waals surface area contributed by atoms with Gasteiger partial charge in [0, 0.05) is 5.75 Å². The molecule has 0 saturated carbocycles. The summed E-state index contributed by atoms with van der Waals surface area (Å²) >= 11 is 1.63. The molecule has 0 bridgehead atoms.